The third-order valence-corrected chi connectivity index (χ3v) is 6.42. The van der Waals surface area contributed by atoms with E-state index in [0.717, 1.165) is 6.20 Å². The van der Waals surface area contributed by atoms with Crippen molar-refractivity contribution in [1.82, 2.24) is 9.55 Å². The molecule has 3 N–H and O–H groups in total. The molecule has 2 aliphatic rings. The van der Waals surface area contributed by atoms with Crippen molar-refractivity contribution < 1.29 is 42.2 Å². The number of hydrogen-bond donors (Lipinski definition) is 3. The van der Waals surface area contributed by atoms with Crippen LogP contribution in [-0.4, -0.2) is 51.5 Å². The first-order valence-electron chi connectivity index (χ1n) is 9.05. The Kier molecular flexibility index (Phi) is 5.92. The molecule has 0 radical (unpaired) electrons. The van der Waals surface area contributed by atoms with E-state index in [1.165, 1.54) is 7.11 Å². The average molecular weight is 495 g/mol. The maximum atomic E-state index is 15.3. The van der Waals surface area contributed by atoms with Gasteiger partial charge in [0.1, 0.15) is 23.8 Å². The predicted molar refractivity (Wildman–Crippen MR) is 104 cm³/mol. The van der Waals surface area contributed by atoms with Crippen LogP contribution in [0.15, 0.2) is 34.0 Å². The average Bonchev–Trinajstić information content (AvgIpc) is 2.99. The number of H-pyrrole nitrogens is 1. The van der Waals surface area contributed by atoms with Crippen molar-refractivity contribution in [2.45, 2.75) is 30.9 Å². The maximum absolute atomic E-state index is 15.3. The van der Waals surface area contributed by atoms with Gasteiger partial charge in [0.15, 0.2) is 17.7 Å². The molecule has 1 aromatic carbocycles. The molecule has 2 aliphatic heterocycles. The number of phosphoric acid groups is 1. The molecule has 1 saturated heterocycles. The largest absolute Gasteiger partial charge is 0.530 e. The van der Waals surface area contributed by atoms with Crippen molar-refractivity contribution in [3.8, 4) is 11.5 Å². The Hall–Kier alpha value is -2.25. The zero-order valence-corrected chi connectivity index (χ0v) is 17.9. The molecule has 4 rings (SSSR count). The minimum atomic E-state index is -4.37. The fraction of sp³-hybridized carbons (Fsp3) is 0.412. The third-order valence-electron chi connectivity index (χ3n) is 4.85. The van der Waals surface area contributed by atoms with Crippen molar-refractivity contribution in [3.63, 3.8) is 0 Å². The highest BCUT2D eigenvalue weighted by molar-refractivity contribution is 7.49. The molecule has 32 heavy (non-hydrogen) atoms. The van der Waals surface area contributed by atoms with Gasteiger partial charge in [-0.2, -0.15) is 0 Å². The van der Waals surface area contributed by atoms with E-state index < -0.39 is 55.0 Å². The van der Waals surface area contributed by atoms with Gasteiger partial charge < -0.3 is 24.2 Å². The Bertz CT molecular complexity index is 1190. The van der Waals surface area contributed by atoms with E-state index >= 15 is 4.39 Å². The van der Waals surface area contributed by atoms with Crippen molar-refractivity contribution in [3.05, 3.63) is 55.8 Å². The molecule has 174 valence electrons. The van der Waals surface area contributed by atoms with Crippen LogP contribution in [0.2, 0.25) is 5.02 Å². The summed E-state index contributed by atoms with van der Waals surface area (Å²) >= 11 is 5.66. The van der Waals surface area contributed by atoms with E-state index in [1.807, 2.05) is 4.98 Å². The topological polar surface area (TPSA) is 159 Å². The number of aromatic amines is 1. The van der Waals surface area contributed by atoms with Gasteiger partial charge in [-0.15, -0.1) is 0 Å². The lowest BCUT2D eigenvalue weighted by Gasteiger charge is -2.28. The Balaban J connectivity index is 1.53. The van der Waals surface area contributed by atoms with E-state index in [2.05, 4.69) is 0 Å². The molecule has 0 spiro atoms. The molecule has 0 bridgehead atoms. The Morgan fingerprint density at radius 3 is 2.88 bits per heavy atom. The van der Waals surface area contributed by atoms with Gasteiger partial charge in [0, 0.05) is 11.8 Å². The standard InChI is InChI=1S/C17H17ClFN2O10P/c1-27-10-4-2-3-8-6-28-32(26,31-12(8)10)29-7-17(19)13(23)11(22)15(30-17)21-5-9(18)14(24)20-16(21)25/h2-5,11,13,15,22-23H,6-7H2,1H3,(H,20,24,25)/t11-,13+,15-,17-,32?/m1/s1. The number of nitrogens with zero attached hydrogens (tertiary/aromatic N) is 1. The minimum Gasteiger partial charge on any atom is -0.493 e. The highest BCUT2D eigenvalue weighted by Gasteiger charge is 2.57. The zero-order chi connectivity index (χ0) is 23.3. The molecule has 2 aromatic rings. The molecular formula is C17H17ClFN2O10P. The summed E-state index contributed by atoms with van der Waals surface area (Å²) in [5.74, 6) is -2.80. The maximum Gasteiger partial charge on any atom is 0.530 e. The van der Waals surface area contributed by atoms with Crippen LogP contribution in [0.3, 0.4) is 0 Å². The van der Waals surface area contributed by atoms with Crippen molar-refractivity contribution in [1.29, 1.82) is 0 Å². The van der Waals surface area contributed by atoms with Gasteiger partial charge in [-0.25, -0.2) is 13.8 Å². The first kappa shape index (κ1) is 22.9. The number of benzene rings is 1. The van der Waals surface area contributed by atoms with Gasteiger partial charge in [-0.05, 0) is 6.07 Å². The number of aliphatic hydroxyl groups is 2. The van der Waals surface area contributed by atoms with Crippen molar-refractivity contribution in [2.24, 2.45) is 0 Å². The first-order chi connectivity index (χ1) is 15.1. The lowest BCUT2D eigenvalue weighted by atomic mass is 10.1. The fourth-order valence-corrected chi connectivity index (χ4v) is 4.59. The monoisotopic (exact) mass is 494 g/mol. The molecular weight excluding hydrogens is 478 g/mol. The van der Waals surface area contributed by atoms with Crippen LogP contribution < -0.4 is 20.5 Å². The molecule has 15 heteroatoms. The number of nitrogens with one attached hydrogen (secondary N) is 1. The number of aliphatic hydroxyl groups excluding tert-OH is 2. The van der Waals surface area contributed by atoms with E-state index in [1.54, 1.807) is 18.2 Å². The Morgan fingerprint density at radius 1 is 1.41 bits per heavy atom. The smallest absolute Gasteiger partial charge is 0.493 e. The zero-order valence-electron chi connectivity index (χ0n) is 16.3. The van der Waals surface area contributed by atoms with Gasteiger partial charge in [0.2, 0.25) is 0 Å². The first-order valence-corrected chi connectivity index (χ1v) is 10.9. The molecule has 0 aliphatic carbocycles. The van der Waals surface area contributed by atoms with Crippen molar-refractivity contribution in [2.75, 3.05) is 13.7 Å². The number of halogens is 2. The second-order valence-electron chi connectivity index (χ2n) is 6.91. The molecule has 5 atom stereocenters. The fourth-order valence-electron chi connectivity index (χ4n) is 3.20. The summed E-state index contributed by atoms with van der Waals surface area (Å²) in [5, 5.41) is 20.0. The summed E-state index contributed by atoms with van der Waals surface area (Å²) in [4.78, 5) is 25.3. The second kappa shape index (κ2) is 8.27. The van der Waals surface area contributed by atoms with E-state index in [9.17, 15) is 24.4 Å². The molecule has 12 nitrogen and oxygen atoms in total. The van der Waals surface area contributed by atoms with Crippen LogP contribution in [0.25, 0.3) is 0 Å². The highest BCUT2D eigenvalue weighted by atomic mass is 35.5. The van der Waals surface area contributed by atoms with Gasteiger partial charge in [0.05, 0.1) is 13.7 Å². The number of alkyl halides is 1. The van der Waals surface area contributed by atoms with Crippen LogP contribution in [0.1, 0.15) is 11.8 Å². The molecule has 3 heterocycles. The lowest BCUT2D eigenvalue weighted by Crippen LogP contribution is -2.43. The number of rotatable bonds is 5. The van der Waals surface area contributed by atoms with Gasteiger partial charge in [0.25, 0.3) is 11.4 Å². The number of methoxy groups -OCH3 is 1. The molecule has 1 unspecified atom stereocenters. The van der Waals surface area contributed by atoms with Gasteiger partial charge in [-0.3, -0.25) is 23.4 Å². The second-order valence-corrected chi connectivity index (χ2v) is 8.91. The van der Waals surface area contributed by atoms with Gasteiger partial charge >= 0.3 is 13.5 Å². The SMILES string of the molecule is COc1cccc2c1OP(=O)(OC[C@@]1(F)O[C@@H](n3cc(Cl)c(=O)[nH]c3=O)[C@H](O)[C@@H]1O)OC2. The summed E-state index contributed by atoms with van der Waals surface area (Å²) in [7, 11) is -3.01. The quantitative estimate of drug-likeness (QED) is 0.509. The number of hydrogen-bond acceptors (Lipinski definition) is 10. The third kappa shape index (κ3) is 3.97. The summed E-state index contributed by atoms with van der Waals surface area (Å²) in [5.41, 5.74) is -1.47. The van der Waals surface area contributed by atoms with Gasteiger partial charge in [-0.1, -0.05) is 23.7 Å². The number of ether oxygens (including phenoxy) is 2. The summed E-state index contributed by atoms with van der Waals surface area (Å²) in [6.07, 6.45) is -5.17. The van der Waals surface area contributed by atoms with E-state index in [0.29, 0.717) is 10.1 Å². The number of phosphoric ester groups is 1. The molecule has 1 aromatic heterocycles. The predicted octanol–water partition coefficient (Wildman–Crippen LogP) is 0.849. The molecule has 0 amide bonds. The van der Waals surface area contributed by atoms with Crippen LogP contribution in [-0.2, 0) is 25.0 Å². The number of aromatic nitrogens is 2. The summed E-state index contributed by atoms with van der Waals surface area (Å²) in [6, 6.07) is 4.84. The molecule has 0 saturated carbocycles. The normalized spacial score (nSPS) is 31.7. The van der Waals surface area contributed by atoms with Crippen molar-refractivity contribution >= 4 is 19.4 Å². The van der Waals surface area contributed by atoms with E-state index in [-0.39, 0.29) is 18.1 Å². The van der Waals surface area contributed by atoms with Crippen LogP contribution >= 0.6 is 19.4 Å². The number of fused-ring (bicyclic) bond motifs is 1. The summed E-state index contributed by atoms with van der Waals surface area (Å²) in [6.45, 7) is -1.39. The van der Waals surface area contributed by atoms with Crippen LogP contribution in [0, 0.1) is 0 Å². The Morgan fingerprint density at radius 2 is 2.16 bits per heavy atom. The summed E-state index contributed by atoms with van der Waals surface area (Å²) < 4.78 is 54.3. The molecule has 1 fully saturated rings. The number of para-hydroxylation sites is 1. The minimum absolute atomic E-state index is 0.0812. The van der Waals surface area contributed by atoms with Crippen LogP contribution in [0.5, 0.6) is 11.5 Å². The Labute approximate surface area is 183 Å². The van der Waals surface area contributed by atoms with Crippen LogP contribution in [0.4, 0.5) is 4.39 Å². The highest BCUT2D eigenvalue weighted by Crippen LogP contribution is 2.57. The van der Waals surface area contributed by atoms with E-state index in [4.69, 9.17) is 34.6 Å². The lowest BCUT2D eigenvalue weighted by molar-refractivity contribution is -0.205.